The molecule has 0 radical (unpaired) electrons. The van der Waals surface area contributed by atoms with Gasteiger partial charge in [-0.2, -0.15) is 5.10 Å². The highest BCUT2D eigenvalue weighted by molar-refractivity contribution is 6.31. The molecule has 2 aromatic heterocycles. The van der Waals surface area contributed by atoms with Crippen molar-refractivity contribution in [2.24, 2.45) is 0 Å². The lowest BCUT2D eigenvalue weighted by Crippen LogP contribution is -2.24. The molecule has 8 heteroatoms. The highest BCUT2D eigenvalue weighted by atomic mass is 35.5. The molecule has 0 fully saturated rings. The van der Waals surface area contributed by atoms with Gasteiger partial charge in [0.05, 0.1) is 11.9 Å². The minimum atomic E-state index is -0.231. The molecule has 2 aromatic carbocycles. The molecule has 1 N–H and O–H groups in total. The lowest BCUT2D eigenvalue weighted by Gasteiger charge is -2.12. The first kappa shape index (κ1) is 19.3. The Hall–Kier alpha value is -3.71. The Morgan fingerprint density at radius 2 is 1.94 bits per heavy atom. The molecule has 3 heterocycles. The number of fused-ring (bicyclic) bond motifs is 1. The number of ether oxygens (including phenoxy) is 2. The average molecular weight is 435 g/mol. The zero-order valence-electron chi connectivity index (χ0n) is 16.7. The zero-order chi connectivity index (χ0) is 21.4. The molecular weight excluding hydrogens is 416 g/mol. The SMILES string of the molecule is Cc1ccc(-n2ncc(C(=O)NCc3ccc4c(c3)OCO4)c2-n2cccc2)cc1Cl. The van der Waals surface area contributed by atoms with Gasteiger partial charge in [0.15, 0.2) is 17.3 Å². The predicted molar refractivity (Wildman–Crippen MR) is 116 cm³/mol. The number of halogens is 1. The number of nitrogens with zero attached hydrogens (tertiary/aromatic N) is 3. The van der Waals surface area contributed by atoms with Crippen LogP contribution in [0, 0.1) is 6.92 Å². The Labute approximate surface area is 183 Å². The topological polar surface area (TPSA) is 70.3 Å². The Balaban J connectivity index is 1.45. The number of hydrogen-bond acceptors (Lipinski definition) is 4. The van der Waals surface area contributed by atoms with Crippen molar-refractivity contribution in [1.29, 1.82) is 0 Å². The van der Waals surface area contributed by atoms with E-state index in [0.29, 0.717) is 34.4 Å². The van der Waals surface area contributed by atoms with Crippen molar-refractivity contribution < 1.29 is 14.3 Å². The van der Waals surface area contributed by atoms with E-state index in [2.05, 4.69) is 10.4 Å². The predicted octanol–water partition coefficient (Wildman–Crippen LogP) is 4.28. The van der Waals surface area contributed by atoms with Crippen molar-refractivity contribution in [3.63, 3.8) is 0 Å². The maximum absolute atomic E-state index is 13.1. The first-order valence-corrected chi connectivity index (χ1v) is 10.1. The van der Waals surface area contributed by atoms with Gasteiger partial charge in [-0.3, -0.25) is 4.79 Å². The summed E-state index contributed by atoms with van der Waals surface area (Å²) in [7, 11) is 0. The summed E-state index contributed by atoms with van der Waals surface area (Å²) in [6.45, 7) is 2.51. The number of carbonyl (C=O) groups is 1. The van der Waals surface area contributed by atoms with Crippen molar-refractivity contribution in [3.05, 3.63) is 88.8 Å². The highest BCUT2D eigenvalue weighted by Crippen LogP contribution is 2.32. The van der Waals surface area contributed by atoms with E-state index in [9.17, 15) is 4.79 Å². The van der Waals surface area contributed by atoms with E-state index in [1.807, 2.05) is 72.4 Å². The van der Waals surface area contributed by atoms with Gasteiger partial charge in [0, 0.05) is 24.0 Å². The summed E-state index contributed by atoms with van der Waals surface area (Å²) in [6, 6.07) is 15.1. The zero-order valence-corrected chi connectivity index (χ0v) is 17.5. The quantitative estimate of drug-likeness (QED) is 0.509. The van der Waals surface area contributed by atoms with Gasteiger partial charge in [0.1, 0.15) is 5.56 Å². The van der Waals surface area contributed by atoms with Crippen molar-refractivity contribution in [2.75, 3.05) is 6.79 Å². The van der Waals surface area contributed by atoms with Gasteiger partial charge in [-0.05, 0) is 54.4 Å². The van der Waals surface area contributed by atoms with E-state index in [0.717, 1.165) is 16.8 Å². The number of carbonyl (C=O) groups excluding carboxylic acids is 1. The summed E-state index contributed by atoms with van der Waals surface area (Å²) in [6.07, 6.45) is 5.31. The molecule has 0 atom stereocenters. The molecule has 0 aliphatic carbocycles. The first-order chi connectivity index (χ1) is 15.1. The Morgan fingerprint density at radius 1 is 1.13 bits per heavy atom. The van der Waals surface area contributed by atoms with E-state index in [-0.39, 0.29) is 12.7 Å². The van der Waals surface area contributed by atoms with Crippen LogP contribution in [0.3, 0.4) is 0 Å². The van der Waals surface area contributed by atoms with Crippen LogP contribution < -0.4 is 14.8 Å². The second kappa shape index (κ2) is 7.85. The van der Waals surface area contributed by atoms with Crippen LogP contribution in [0.5, 0.6) is 11.5 Å². The van der Waals surface area contributed by atoms with Crippen LogP contribution in [0.1, 0.15) is 21.5 Å². The Kier molecular flexibility index (Phi) is 4.88. The van der Waals surface area contributed by atoms with Crippen LogP contribution >= 0.6 is 11.6 Å². The summed E-state index contributed by atoms with van der Waals surface area (Å²) < 4.78 is 14.3. The Bertz CT molecular complexity index is 1260. The second-order valence-electron chi connectivity index (χ2n) is 7.19. The smallest absolute Gasteiger partial charge is 0.256 e. The molecule has 1 amide bonds. The summed E-state index contributed by atoms with van der Waals surface area (Å²) in [5.41, 5.74) is 3.11. The maximum atomic E-state index is 13.1. The fraction of sp³-hybridized carbons (Fsp3) is 0.130. The maximum Gasteiger partial charge on any atom is 0.256 e. The molecule has 5 rings (SSSR count). The first-order valence-electron chi connectivity index (χ1n) is 9.75. The molecule has 0 saturated heterocycles. The average Bonchev–Trinajstić information content (AvgIpc) is 3.52. The van der Waals surface area contributed by atoms with Crippen molar-refractivity contribution in [3.8, 4) is 23.0 Å². The second-order valence-corrected chi connectivity index (χ2v) is 7.59. The number of nitrogens with one attached hydrogen (secondary N) is 1. The molecule has 1 aliphatic rings. The van der Waals surface area contributed by atoms with Crippen LogP contribution in [0.4, 0.5) is 0 Å². The van der Waals surface area contributed by atoms with Crippen LogP contribution in [0.25, 0.3) is 11.5 Å². The van der Waals surface area contributed by atoms with Gasteiger partial charge in [-0.15, -0.1) is 0 Å². The van der Waals surface area contributed by atoms with Crippen LogP contribution in [0.2, 0.25) is 5.02 Å². The number of aryl methyl sites for hydroxylation is 1. The third-order valence-corrected chi connectivity index (χ3v) is 5.53. The van der Waals surface area contributed by atoms with Gasteiger partial charge in [-0.25, -0.2) is 4.68 Å². The highest BCUT2D eigenvalue weighted by Gasteiger charge is 2.20. The lowest BCUT2D eigenvalue weighted by atomic mass is 10.2. The van der Waals surface area contributed by atoms with E-state index in [4.69, 9.17) is 21.1 Å². The summed E-state index contributed by atoms with van der Waals surface area (Å²) >= 11 is 6.32. The fourth-order valence-corrected chi connectivity index (χ4v) is 3.63. The fourth-order valence-electron chi connectivity index (χ4n) is 3.46. The molecule has 0 bridgehead atoms. The number of hydrogen-bond donors (Lipinski definition) is 1. The summed E-state index contributed by atoms with van der Waals surface area (Å²) in [5, 5.41) is 8.08. The minimum absolute atomic E-state index is 0.216. The van der Waals surface area contributed by atoms with Crippen molar-refractivity contribution >= 4 is 17.5 Å². The van der Waals surface area contributed by atoms with Gasteiger partial charge in [0.25, 0.3) is 5.91 Å². The normalized spacial score (nSPS) is 12.2. The molecule has 7 nitrogen and oxygen atoms in total. The van der Waals surface area contributed by atoms with Gasteiger partial charge < -0.3 is 19.4 Å². The number of rotatable bonds is 5. The van der Waals surface area contributed by atoms with E-state index < -0.39 is 0 Å². The van der Waals surface area contributed by atoms with Gasteiger partial charge in [-0.1, -0.05) is 23.7 Å². The molecule has 31 heavy (non-hydrogen) atoms. The van der Waals surface area contributed by atoms with E-state index >= 15 is 0 Å². The largest absolute Gasteiger partial charge is 0.454 e. The number of benzene rings is 2. The summed E-state index contributed by atoms with van der Waals surface area (Å²) in [5.74, 6) is 1.80. The van der Waals surface area contributed by atoms with Crippen LogP contribution in [-0.4, -0.2) is 27.0 Å². The van der Waals surface area contributed by atoms with Crippen molar-refractivity contribution in [1.82, 2.24) is 19.7 Å². The molecule has 0 spiro atoms. The molecule has 0 saturated carbocycles. The van der Waals surface area contributed by atoms with E-state index in [1.165, 1.54) is 0 Å². The molecule has 1 aliphatic heterocycles. The van der Waals surface area contributed by atoms with Gasteiger partial charge >= 0.3 is 0 Å². The standard InChI is InChI=1S/C23H19ClN4O3/c1-15-4-6-17(11-19(15)24)28-23(27-8-2-3-9-27)18(13-26-28)22(29)25-12-16-5-7-20-21(10-16)31-14-30-20/h2-11,13H,12,14H2,1H3,(H,25,29). The van der Waals surface area contributed by atoms with E-state index in [1.54, 1.807) is 10.9 Å². The third-order valence-electron chi connectivity index (χ3n) is 5.13. The van der Waals surface area contributed by atoms with Gasteiger partial charge in [0.2, 0.25) is 6.79 Å². The third kappa shape index (κ3) is 3.64. The molecular formula is C23H19ClN4O3. The lowest BCUT2D eigenvalue weighted by molar-refractivity contribution is 0.0951. The van der Waals surface area contributed by atoms with Crippen LogP contribution in [0.15, 0.2) is 67.1 Å². The molecule has 4 aromatic rings. The molecule has 156 valence electrons. The van der Waals surface area contributed by atoms with Crippen molar-refractivity contribution in [2.45, 2.75) is 13.5 Å². The monoisotopic (exact) mass is 434 g/mol. The van der Waals surface area contributed by atoms with Crippen LogP contribution in [-0.2, 0) is 6.54 Å². The molecule has 0 unspecified atom stereocenters. The summed E-state index contributed by atoms with van der Waals surface area (Å²) in [4.78, 5) is 13.1. The number of amides is 1. The Morgan fingerprint density at radius 3 is 2.74 bits per heavy atom. The number of aromatic nitrogens is 3. The minimum Gasteiger partial charge on any atom is -0.454 e.